The SMILES string of the molecule is CC(=CN)c1nccc(N2CCC[C@@H]2c2cc(F)ccc2F)n1. The van der Waals surface area contributed by atoms with Crippen LogP contribution in [0, 0.1) is 11.6 Å². The van der Waals surface area contributed by atoms with Gasteiger partial charge in [0.1, 0.15) is 17.5 Å². The van der Waals surface area contributed by atoms with Crippen LogP contribution in [0.3, 0.4) is 0 Å². The molecule has 23 heavy (non-hydrogen) atoms. The molecule has 1 saturated heterocycles. The van der Waals surface area contributed by atoms with Crippen molar-refractivity contribution in [1.82, 2.24) is 9.97 Å². The Balaban J connectivity index is 1.97. The molecule has 4 nitrogen and oxygen atoms in total. The highest BCUT2D eigenvalue weighted by Crippen LogP contribution is 2.36. The fraction of sp³-hybridized carbons (Fsp3) is 0.294. The minimum Gasteiger partial charge on any atom is -0.404 e. The van der Waals surface area contributed by atoms with E-state index in [1.807, 2.05) is 11.8 Å². The Bertz CT molecular complexity index is 745. The van der Waals surface area contributed by atoms with E-state index in [1.54, 1.807) is 12.3 Å². The first kappa shape index (κ1) is 15.4. The molecule has 120 valence electrons. The molecular formula is C17H18F2N4. The smallest absolute Gasteiger partial charge is 0.158 e. The lowest BCUT2D eigenvalue weighted by molar-refractivity contribution is 0.560. The van der Waals surface area contributed by atoms with Gasteiger partial charge in [-0.25, -0.2) is 18.7 Å². The molecule has 2 N–H and O–H groups in total. The Morgan fingerprint density at radius 1 is 1.35 bits per heavy atom. The number of benzene rings is 1. The highest BCUT2D eigenvalue weighted by molar-refractivity contribution is 5.58. The lowest BCUT2D eigenvalue weighted by Crippen LogP contribution is -2.24. The molecular weight excluding hydrogens is 298 g/mol. The average molecular weight is 316 g/mol. The Labute approximate surface area is 133 Å². The number of allylic oxidation sites excluding steroid dienone is 1. The van der Waals surface area contributed by atoms with Crippen molar-refractivity contribution in [2.45, 2.75) is 25.8 Å². The molecule has 0 amide bonds. The molecule has 2 heterocycles. The van der Waals surface area contributed by atoms with Gasteiger partial charge in [0.2, 0.25) is 0 Å². The van der Waals surface area contributed by atoms with Crippen LogP contribution in [0.25, 0.3) is 5.57 Å². The molecule has 1 aromatic carbocycles. The van der Waals surface area contributed by atoms with Gasteiger partial charge in [0.15, 0.2) is 5.82 Å². The van der Waals surface area contributed by atoms with Crippen molar-refractivity contribution in [3.8, 4) is 0 Å². The molecule has 2 aromatic rings. The molecule has 0 bridgehead atoms. The van der Waals surface area contributed by atoms with Crippen molar-refractivity contribution in [3.05, 3.63) is 59.7 Å². The van der Waals surface area contributed by atoms with Crippen LogP contribution < -0.4 is 10.6 Å². The summed E-state index contributed by atoms with van der Waals surface area (Å²) in [6.07, 6.45) is 4.76. The van der Waals surface area contributed by atoms with Crippen LogP contribution in [0.2, 0.25) is 0 Å². The third-order valence-electron chi connectivity index (χ3n) is 4.11. The van der Waals surface area contributed by atoms with Crippen LogP contribution in [-0.4, -0.2) is 16.5 Å². The van der Waals surface area contributed by atoms with Crippen LogP contribution in [0.5, 0.6) is 0 Å². The first-order chi connectivity index (χ1) is 11.1. The van der Waals surface area contributed by atoms with E-state index in [-0.39, 0.29) is 6.04 Å². The van der Waals surface area contributed by atoms with Gasteiger partial charge in [-0.1, -0.05) is 0 Å². The summed E-state index contributed by atoms with van der Waals surface area (Å²) in [4.78, 5) is 10.7. The fourth-order valence-electron chi connectivity index (χ4n) is 2.91. The Morgan fingerprint density at radius 3 is 2.96 bits per heavy atom. The van der Waals surface area contributed by atoms with E-state index >= 15 is 0 Å². The predicted octanol–water partition coefficient (Wildman–Crippen LogP) is 3.42. The average Bonchev–Trinajstić information content (AvgIpc) is 3.06. The lowest BCUT2D eigenvalue weighted by Gasteiger charge is -2.26. The van der Waals surface area contributed by atoms with Gasteiger partial charge >= 0.3 is 0 Å². The largest absolute Gasteiger partial charge is 0.404 e. The summed E-state index contributed by atoms with van der Waals surface area (Å²) >= 11 is 0. The van der Waals surface area contributed by atoms with E-state index in [4.69, 9.17) is 5.73 Å². The Morgan fingerprint density at radius 2 is 2.17 bits per heavy atom. The third-order valence-corrected chi connectivity index (χ3v) is 4.11. The van der Waals surface area contributed by atoms with Gasteiger partial charge in [-0.3, -0.25) is 0 Å². The third kappa shape index (κ3) is 3.02. The first-order valence-corrected chi connectivity index (χ1v) is 7.53. The second-order valence-corrected chi connectivity index (χ2v) is 5.61. The molecule has 1 aliphatic rings. The maximum absolute atomic E-state index is 14.1. The topological polar surface area (TPSA) is 55.0 Å². The molecule has 1 aliphatic heterocycles. The number of nitrogens with two attached hydrogens (primary N) is 1. The normalized spacial score (nSPS) is 18.5. The lowest BCUT2D eigenvalue weighted by atomic mass is 10.0. The molecule has 0 saturated carbocycles. The Hall–Kier alpha value is -2.50. The van der Waals surface area contributed by atoms with Crippen molar-refractivity contribution in [3.63, 3.8) is 0 Å². The summed E-state index contributed by atoms with van der Waals surface area (Å²) in [6, 6.07) is 5.13. The maximum Gasteiger partial charge on any atom is 0.158 e. The zero-order chi connectivity index (χ0) is 16.4. The van der Waals surface area contributed by atoms with Crippen LogP contribution in [0.4, 0.5) is 14.6 Å². The Kier molecular flexibility index (Phi) is 4.23. The molecule has 1 atom stereocenters. The molecule has 0 radical (unpaired) electrons. The van der Waals surface area contributed by atoms with Crippen molar-refractivity contribution in [2.75, 3.05) is 11.4 Å². The van der Waals surface area contributed by atoms with Crippen molar-refractivity contribution >= 4 is 11.4 Å². The van der Waals surface area contributed by atoms with Crippen LogP contribution in [0.15, 0.2) is 36.7 Å². The number of hydrogen-bond acceptors (Lipinski definition) is 4. The number of nitrogens with zero attached hydrogens (tertiary/aromatic N) is 3. The summed E-state index contributed by atoms with van der Waals surface area (Å²) in [6.45, 7) is 2.56. The predicted molar refractivity (Wildman–Crippen MR) is 85.5 cm³/mol. The van der Waals surface area contributed by atoms with E-state index in [2.05, 4.69) is 9.97 Å². The van der Waals surface area contributed by atoms with Gasteiger partial charge in [-0.05, 0) is 44.0 Å². The van der Waals surface area contributed by atoms with E-state index in [0.717, 1.165) is 31.0 Å². The van der Waals surface area contributed by atoms with Gasteiger partial charge in [-0.15, -0.1) is 0 Å². The summed E-state index contributed by atoms with van der Waals surface area (Å²) in [5.41, 5.74) is 6.65. The van der Waals surface area contributed by atoms with Crippen molar-refractivity contribution < 1.29 is 8.78 Å². The number of aromatic nitrogens is 2. The molecule has 1 aromatic heterocycles. The van der Waals surface area contributed by atoms with E-state index in [1.165, 1.54) is 18.3 Å². The van der Waals surface area contributed by atoms with E-state index in [0.29, 0.717) is 17.2 Å². The van der Waals surface area contributed by atoms with Crippen molar-refractivity contribution in [2.24, 2.45) is 5.73 Å². The quantitative estimate of drug-likeness (QED) is 0.943. The second-order valence-electron chi connectivity index (χ2n) is 5.61. The highest BCUT2D eigenvalue weighted by atomic mass is 19.1. The standard InChI is InChI=1S/C17H18F2N4/c1-11(10-20)17-21-7-6-16(22-17)23-8-2-3-15(23)13-9-12(18)4-5-14(13)19/h4-7,9-10,15H,2-3,8,20H2,1H3/t15-/m1/s1. The fourth-order valence-corrected chi connectivity index (χ4v) is 2.91. The minimum absolute atomic E-state index is 0.226. The molecule has 0 aliphatic carbocycles. The summed E-state index contributed by atoms with van der Waals surface area (Å²) < 4.78 is 27.6. The van der Waals surface area contributed by atoms with Crippen LogP contribution in [0.1, 0.15) is 37.2 Å². The highest BCUT2D eigenvalue weighted by Gasteiger charge is 2.29. The van der Waals surface area contributed by atoms with Crippen molar-refractivity contribution in [1.29, 1.82) is 0 Å². The van der Waals surface area contributed by atoms with Crippen LogP contribution in [-0.2, 0) is 0 Å². The van der Waals surface area contributed by atoms with Gasteiger partial charge in [0.05, 0.1) is 6.04 Å². The number of rotatable bonds is 3. The molecule has 0 unspecified atom stereocenters. The van der Waals surface area contributed by atoms with E-state index < -0.39 is 11.6 Å². The zero-order valence-electron chi connectivity index (χ0n) is 12.8. The second kappa shape index (κ2) is 6.32. The van der Waals surface area contributed by atoms with Gasteiger partial charge in [-0.2, -0.15) is 0 Å². The number of hydrogen-bond donors (Lipinski definition) is 1. The number of halogens is 2. The zero-order valence-corrected chi connectivity index (χ0v) is 12.8. The number of anilines is 1. The molecule has 1 fully saturated rings. The maximum atomic E-state index is 14.1. The monoisotopic (exact) mass is 316 g/mol. The van der Waals surface area contributed by atoms with Gasteiger partial charge in [0, 0.05) is 30.1 Å². The first-order valence-electron chi connectivity index (χ1n) is 7.53. The summed E-state index contributed by atoms with van der Waals surface area (Å²) in [5.74, 6) is 0.409. The molecule has 0 spiro atoms. The van der Waals surface area contributed by atoms with Crippen LogP contribution >= 0.6 is 0 Å². The summed E-state index contributed by atoms with van der Waals surface area (Å²) in [7, 11) is 0. The van der Waals surface area contributed by atoms with E-state index in [9.17, 15) is 8.78 Å². The van der Waals surface area contributed by atoms with Gasteiger partial charge in [0.25, 0.3) is 0 Å². The molecule has 3 rings (SSSR count). The minimum atomic E-state index is -0.432. The summed E-state index contributed by atoms with van der Waals surface area (Å²) in [5, 5.41) is 0. The molecule has 6 heteroatoms. The van der Waals surface area contributed by atoms with Gasteiger partial charge < -0.3 is 10.6 Å².